The number of Topliss-reactive ketones (excluding diaryl/α,β-unsaturated/α-hetero) is 1. The van der Waals surface area contributed by atoms with Gasteiger partial charge in [-0.3, -0.25) is 10.5 Å². The Labute approximate surface area is 136 Å². The predicted molar refractivity (Wildman–Crippen MR) is 87.7 cm³/mol. The molecule has 1 aromatic rings. The van der Waals surface area contributed by atoms with Crippen molar-refractivity contribution in [2.24, 2.45) is 16.9 Å². The molecule has 0 aliphatic rings. The van der Waals surface area contributed by atoms with E-state index in [1.165, 1.54) is 19.4 Å². The first kappa shape index (κ1) is 19.3. The fraction of sp³-hybridized carbons (Fsp3) is 0.529. The molecular weight excluding hydrogens is 296 g/mol. The zero-order chi connectivity index (χ0) is 17.8. The number of carboxylic acids is 1. The van der Waals surface area contributed by atoms with E-state index in [2.05, 4.69) is 0 Å². The van der Waals surface area contributed by atoms with Crippen molar-refractivity contribution in [1.29, 1.82) is 0 Å². The Kier molecular flexibility index (Phi) is 6.04. The number of ketones is 1. The number of benzene rings is 1. The third-order valence-corrected chi connectivity index (χ3v) is 4.30. The lowest BCUT2D eigenvalue weighted by Gasteiger charge is -2.37. The van der Waals surface area contributed by atoms with E-state index in [1.807, 2.05) is 31.2 Å². The standard InChI is InChI=1S/C17H26N2O4/c1-11-7-9-12(10-8-11)5-4-6-13(20)16(2,3)14(18)17(19,23)15(21)22/h7-10,14,23H,4-6,18-19H2,1-3H3,(H,21,22). The smallest absolute Gasteiger partial charge is 0.352 e. The van der Waals surface area contributed by atoms with Crippen LogP contribution in [-0.2, 0) is 16.0 Å². The highest BCUT2D eigenvalue weighted by Gasteiger charge is 2.49. The van der Waals surface area contributed by atoms with Crippen LogP contribution < -0.4 is 11.5 Å². The Morgan fingerprint density at radius 2 is 1.74 bits per heavy atom. The van der Waals surface area contributed by atoms with Crippen molar-refractivity contribution in [3.63, 3.8) is 0 Å². The van der Waals surface area contributed by atoms with E-state index in [1.54, 1.807) is 0 Å². The van der Waals surface area contributed by atoms with Gasteiger partial charge in [-0.25, -0.2) is 4.79 Å². The van der Waals surface area contributed by atoms with Gasteiger partial charge in [-0.15, -0.1) is 0 Å². The van der Waals surface area contributed by atoms with Crippen LogP contribution in [0.1, 0.15) is 37.8 Å². The van der Waals surface area contributed by atoms with Crippen LogP contribution in [0.4, 0.5) is 0 Å². The Morgan fingerprint density at radius 1 is 1.22 bits per heavy atom. The van der Waals surface area contributed by atoms with Gasteiger partial charge in [0.25, 0.3) is 0 Å². The number of carbonyl (C=O) groups is 2. The summed E-state index contributed by atoms with van der Waals surface area (Å²) >= 11 is 0. The largest absolute Gasteiger partial charge is 0.478 e. The molecular formula is C17H26N2O4. The molecule has 2 atom stereocenters. The molecule has 0 saturated heterocycles. The molecule has 0 saturated carbocycles. The van der Waals surface area contributed by atoms with Gasteiger partial charge in [-0.05, 0) is 25.3 Å². The molecule has 0 heterocycles. The van der Waals surface area contributed by atoms with Crippen LogP contribution in [0.15, 0.2) is 24.3 Å². The first-order chi connectivity index (χ1) is 10.5. The number of carboxylic acid groups (broad SMARTS) is 1. The first-order valence-electron chi connectivity index (χ1n) is 7.58. The summed E-state index contributed by atoms with van der Waals surface area (Å²) < 4.78 is 0. The van der Waals surface area contributed by atoms with E-state index in [4.69, 9.17) is 16.6 Å². The zero-order valence-electron chi connectivity index (χ0n) is 13.9. The van der Waals surface area contributed by atoms with Gasteiger partial charge in [0.1, 0.15) is 5.78 Å². The highest BCUT2D eigenvalue weighted by Crippen LogP contribution is 2.28. The van der Waals surface area contributed by atoms with Gasteiger partial charge in [0, 0.05) is 11.8 Å². The molecule has 1 aromatic carbocycles. The van der Waals surface area contributed by atoms with Crippen LogP contribution in [0.3, 0.4) is 0 Å². The highest BCUT2D eigenvalue weighted by atomic mass is 16.4. The van der Waals surface area contributed by atoms with Gasteiger partial charge < -0.3 is 15.9 Å². The van der Waals surface area contributed by atoms with Gasteiger partial charge in [0.15, 0.2) is 0 Å². The lowest BCUT2D eigenvalue weighted by atomic mass is 9.74. The average Bonchev–Trinajstić information content (AvgIpc) is 2.48. The Morgan fingerprint density at radius 3 is 2.22 bits per heavy atom. The third kappa shape index (κ3) is 4.60. The molecule has 0 amide bonds. The van der Waals surface area contributed by atoms with E-state index >= 15 is 0 Å². The number of hydrogen-bond acceptors (Lipinski definition) is 5. The molecule has 0 radical (unpaired) electrons. The van der Waals surface area contributed by atoms with Gasteiger partial charge in [-0.1, -0.05) is 43.7 Å². The molecule has 6 N–H and O–H groups in total. The summed E-state index contributed by atoms with van der Waals surface area (Å²) in [5.74, 6) is -1.87. The van der Waals surface area contributed by atoms with E-state index in [9.17, 15) is 14.7 Å². The molecule has 1 rings (SSSR count). The van der Waals surface area contributed by atoms with Crippen LogP contribution in [0.5, 0.6) is 0 Å². The lowest BCUT2D eigenvalue weighted by molar-refractivity contribution is -0.165. The number of carbonyl (C=O) groups excluding carboxylic acids is 1. The first-order valence-corrected chi connectivity index (χ1v) is 7.58. The third-order valence-electron chi connectivity index (χ3n) is 4.30. The second kappa shape index (κ2) is 7.21. The Hall–Kier alpha value is -1.76. The van der Waals surface area contributed by atoms with Crippen molar-refractivity contribution in [3.05, 3.63) is 35.4 Å². The number of aryl methyl sites for hydroxylation is 2. The number of hydrogen-bond donors (Lipinski definition) is 4. The Bertz CT molecular complexity index is 564. The van der Waals surface area contributed by atoms with Crippen molar-refractivity contribution in [2.75, 3.05) is 0 Å². The van der Waals surface area contributed by atoms with Gasteiger partial charge in [0.05, 0.1) is 6.04 Å². The molecule has 128 valence electrons. The van der Waals surface area contributed by atoms with Crippen molar-refractivity contribution >= 4 is 11.8 Å². The maximum absolute atomic E-state index is 12.4. The summed E-state index contributed by atoms with van der Waals surface area (Å²) in [5, 5.41) is 18.7. The van der Waals surface area contributed by atoms with Crippen LogP contribution in [0.25, 0.3) is 0 Å². The van der Waals surface area contributed by atoms with E-state index in [-0.39, 0.29) is 12.2 Å². The molecule has 6 heteroatoms. The normalized spacial score (nSPS) is 15.7. The number of nitrogens with two attached hydrogens (primary N) is 2. The van der Waals surface area contributed by atoms with Crippen LogP contribution >= 0.6 is 0 Å². The summed E-state index contributed by atoms with van der Waals surface area (Å²) in [6.45, 7) is 5.02. The predicted octanol–water partition coefficient (Wildman–Crippen LogP) is 0.972. The summed E-state index contributed by atoms with van der Waals surface area (Å²) in [4.78, 5) is 23.4. The zero-order valence-corrected chi connectivity index (χ0v) is 13.9. The monoisotopic (exact) mass is 322 g/mol. The van der Waals surface area contributed by atoms with Crippen molar-refractivity contribution < 1.29 is 19.8 Å². The van der Waals surface area contributed by atoms with Crippen LogP contribution in [0, 0.1) is 12.3 Å². The minimum absolute atomic E-state index is 0.220. The molecule has 23 heavy (non-hydrogen) atoms. The van der Waals surface area contributed by atoms with E-state index in [0.717, 1.165) is 12.0 Å². The second-order valence-corrected chi connectivity index (χ2v) is 6.59. The number of aliphatic hydroxyl groups is 1. The minimum atomic E-state index is -2.64. The van der Waals surface area contributed by atoms with Crippen LogP contribution in [0.2, 0.25) is 0 Å². The van der Waals surface area contributed by atoms with Gasteiger partial charge >= 0.3 is 5.97 Å². The van der Waals surface area contributed by atoms with Crippen molar-refractivity contribution in [2.45, 2.75) is 51.8 Å². The summed E-state index contributed by atoms with van der Waals surface area (Å²) in [5.41, 5.74) is 9.51. The number of rotatable bonds is 8. The number of aliphatic carboxylic acids is 1. The Balaban J connectivity index is 2.65. The topological polar surface area (TPSA) is 127 Å². The highest BCUT2D eigenvalue weighted by molar-refractivity contribution is 5.87. The molecule has 0 aliphatic carbocycles. The summed E-state index contributed by atoms with van der Waals surface area (Å²) in [7, 11) is 0. The van der Waals surface area contributed by atoms with E-state index in [0.29, 0.717) is 6.42 Å². The second-order valence-electron chi connectivity index (χ2n) is 6.59. The molecule has 0 bridgehead atoms. The molecule has 0 aromatic heterocycles. The maximum Gasteiger partial charge on any atom is 0.352 e. The SMILES string of the molecule is Cc1ccc(CCCC(=O)C(C)(C)C(N)C(N)(O)C(=O)O)cc1. The van der Waals surface area contributed by atoms with Gasteiger partial charge in [0.2, 0.25) is 5.72 Å². The summed E-state index contributed by atoms with van der Waals surface area (Å²) in [6, 6.07) is 6.65. The summed E-state index contributed by atoms with van der Waals surface area (Å²) in [6.07, 6.45) is 1.60. The van der Waals surface area contributed by atoms with E-state index < -0.39 is 23.2 Å². The van der Waals surface area contributed by atoms with Crippen molar-refractivity contribution in [3.8, 4) is 0 Å². The fourth-order valence-corrected chi connectivity index (χ4v) is 2.39. The molecule has 2 unspecified atom stereocenters. The lowest BCUT2D eigenvalue weighted by Crippen LogP contribution is -2.67. The molecule has 0 fully saturated rings. The van der Waals surface area contributed by atoms with Crippen LogP contribution in [-0.4, -0.2) is 33.7 Å². The van der Waals surface area contributed by atoms with Gasteiger partial charge in [-0.2, -0.15) is 0 Å². The molecule has 6 nitrogen and oxygen atoms in total. The quantitative estimate of drug-likeness (QED) is 0.528. The average molecular weight is 322 g/mol. The minimum Gasteiger partial charge on any atom is -0.478 e. The fourth-order valence-electron chi connectivity index (χ4n) is 2.39. The molecule has 0 aliphatic heterocycles. The van der Waals surface area contributed by atoms with Crippen molar-refractivity contribution in [1.82, 2.24) is 0 Å². The molecule has 0 spiro atoms. The maximum atomic E-state index is 12.4.